The van der Waals surface area contributed by atoms with Crippen molar-refractivity contribution in [2.24, 2.45) is 0 Å². The lowest BCUT2D eigenvalue weighted by Crippen LogP contribution is -2.42. The molecule has 1 fully saturated rings. The maximum atomic E-state index is 13.0. The van der Waals surface area contributed by atoms with E-state index in [0.717, 1.165) is 29.7 Å². The Morgan fingerprint density at radius 2 is 1.96 bits per heavy atom. The van der Waals surface area contributed by atoms with Crippen LogP contribution in [0.25, 0.3) is 0 Å². The molecule has 0 bridgehead atoms. The Kier molecular flexibility index (Phi) is 4.59. The molecule has 7 heteroatoms. The van der Waals surface area contributed by atoms with E-state index < -0.39 is 23.4 Å². The minimum atomic E-state index is -1.18. The fraction of sp³-hybridized carbons (Fsp3) is 0.286. The summed E-state index contributed by atoms with van der Waals surface area (Å²) in [5.74, 6) is -0.902. The van der Waals surface area contributed by atoms with Gasteiger partial charge in [0.05, 0.1) is 0 Å². The van der Waals surface area contributed by atoms with Gasteiger partial charge in [-0.3, -0.25) is 14.5 Å². The number of benzene rings is 2. The average molecular weight is 398 g/mol. The van der Waals surface area contributed by atoms with Crippen molar-refractivity contribution < 1.29 is 14.4 Å². The first-order valence-corrected chi connectivity index (χ1v) is 9.56. The second-order valence-corrected chi connectivity index (χ2v) is 7.78. The monoisotopic (exact) mass is 397 g/mol. The molecule has 2 aromatic rings. The Hall–Kier alpha value is -2.86. The van der Waals surface area contributed by atoms with Gasteiger partial charge in [0.2, 0.25) is 5.91 Å². The summed E-state index contributed by atoms with van der Waals surface area (Å²) in [6, 6.07) is 12.0. The van der Waals surface area contributed by atoms with Crippen molar-refractivity contribution in [2.45, 2.75) is 31.7 Å². The molecular formula is C21H20ClN3O3. The van der Waals surface area contributed by atoms with E-state index in [9.17, 15) is 14.4 Å². The van der Waals surface area contributed by atoms with E-state index in [1.807, 2.05) is 18.2 Å². The minimum Gasteiger partial charge on any atom is -0.324 e. The number of imide groups is 1. The number of rotatable bonds is 4. The Morgan fingerprint density at radius 3 is 2.75 bits per heavy atom. The van der Waals surface area contributed by atoms with Crippen LogP contribution in [-0.2, 0) is 28.0 Å². The summed E-state index contributed by atoms with van der Waals surface area (Å²) in [6.45, 7) is 1.32. The van der Waals surface area contributed by atoms with Gasteiger partial charge in [-0.25, -0.2) is 4.79 Å². The van der Waals surface area contributed by atoms with Gasteiger partial charge in [-0.1, -0.05) is 35.9 Å². The van der Waals surface area contributed by atoms with Crippen LogP contribution >= 0.6 is 11.6 Å². The molecule has 144 valence electrons. The number of anilines is 1. The number of carbonyl (C=O) groups is 3. The second-order valence-electron chi connectivity index (χ2n) is 7.34. The molecule has 28 heavy (non-hydrogen) atoms. The third-order valence-corrected chi connectivity index (χ3v) is 5.60. The van der Waals surface area contributed by atoms with E-state index in [-0.39, 0.29) is 6.54 Å². The zero-order valence-electron chi connectivity index (χ0n) is 15.4. The summed E-state index contributed by atoms with van der Waals surface area (Å²) in [5, 5.41) is 5.89. The molecule has 1 saturated heterocycles. The van der Waals surface area contributed by atoms with Gasteiger partial charge in [0.25, 0.3) is 5.91 Å². The summed E-state index contributed by atoms with van der Waals surface area (Å²) in [7, 11) is 0. The van der Waals surface area contributed by atoms with Crippen LogP contribution in [0.3, 0.4) is 0 Å². The molecule has 1 atom stereocenters. The Labute approximate surface area is 167 Å². The van der Waals surface area contributed by atoms with Crippen LogP contribution in [0.1, 0.15) is 30.0 Å². The van der Waals surface area contributed by atoms with Crippen molar-refractivity contribution in [2.75, 3.05) is 11.9 Å². The summed E-state index contributed by atoms with van der Waals surface area (Å²) in [6.07, 6.45) is 3.13. The number of aryl methyl sites for hydroxylation is 2. The molecule has 0 spiro atoms. The van der Waals surface area contributed by atoms with Gasteiger partial charge in [0, 0.05) is 10.7 Å². The molecule has 4 rings (SSSR count). The number of hydrogen-bond donors (Lipinski definition) is 2. The van der Waals surface area contributed by atoms with Gasteiger partial charge in [0.1, 0.15) is 12.1 Å². The first-order chi connectivity index (χ1) is 13.4. The maximum Gasteiger partial charge on any atom is 0.325 e. The highest BCUT2D eigenvalue weighted by molar-refractivity contribution is 6.30. The summed E-state index contributed by atoms with van der Waals surface area (Å²) >= 11 is 5.91. The molecule has 0 unspecified atom stereocenters. The topological polar surface area (TPSA) is 78.5 Å². The molecule has 1 aliphatic carbocycles. The largest absolute Gasteiger partial charge is 0.325 e. The van der Waals surface area contributed by atoms with E-state index in [2.05, 4.69) is 10.6 Å². The predicted octanol–water partition coefficient (Wildman–Crippen LogP) is 3.23. The molecule has 2 aliphatic rings. The van der Waals surface area contributed by atoms with E-state index in [1.54, 1.807) is 31.2 Å². The van der Waals surface area contributed by atoms with Gasteiger partial charge in [-0.2, -0.15) is 0 Å². The molecule has 2 N–H and O–H groups in total. The zero-order chi connectivity index (χ0) is 19.9. The molecule has 0 radical (unpaired) electrons. The van der Waals surface area contributed by atoms with Crippen molar-refractivity contribution in [3.05, 3.63) is 64.2 Å². The molecule has 2 aromatic carbocycles. The number of nitrogens with one attached hydrogen (secondary N) is 2. The van der Waals surface area contributed by atoms with Gasteiger partial charge >= 0.3 is 6.03 Å². The predicted molar refractivity (Wildman–Crippen MR) is 106 cm³/mol. The summed E-state index contributed by atoms with van der Waals surface area (Å²) < 4.78 is 0. The van der Waals surface area contributed by atoms with E-state index in [0.29, 0.717) is 10.7 Å². The van der Waals surface area contributed by atoms with Crippen molar-refractivity contribution in [1.29, 1.82) is 0 Å². The second kappa shape index (κ2) is 6.95. The Morgan fingerprint density at radius 1 is 1.18 bits per heavy atom. The average Bonchev–Trinajstić information content (AvgIpc) is 3.20. The number of amides is 4. The fourth-order valence-electron chi connectivity index (χ4n) is 3.83. The number of carbonyl (C=O) groups excluding carboxylic acids is 3. The van der Waals surface area contributed by atoms with Gasteiger partial charge in [-0.15, -0.1) is 0 Å². The first kappa shape index (κ1) is 18.5. The van der Waals surface area contributed by atoms with Crippen LogP contribution in [0.15, 0.2) is 42.5 Å². The lowest BCUT2D eigenvalue weighted by atomic mass is 9.89. The normalized spacial score (nSPS) is 20.9. The number of fused-ring (bicyclic) bond motifs is 1. The highest BCUT2D eigenvalue weighted by Gasteiger charge is 2.49. The maximum absolute atomic E-state index is 13.0. The number of urea groups is 1. The van der Waals surface area contributed by atoms with Gasteiger partial charge in [0.15, 0.2) is 0 Å². The van der Waals surface area contributed by atoms with E-state index in [4.69, 9.17) is 11.6 Å². The van der Waals surface area contributed by atoms with Crippen LogP contribution in [-0.4, -0.2) is 29.3 Å². The lowest BCUT2D eigenvalue weighted by molar-refractivity contribution is -0.133. The quantitative estimate of drug-likeness (QED) is 0.777. The number of hydrogen-bond acceptors (Lipinski definition) is 3. The molecule has 6 nitrogen and oxygen atoms in total. The molecule has 1 heterocycles. The minimum absolute atomic E-state index is 0.363. The molecule has 0 aromatic heterocycles. The fourth-order valence-corrected chi connectivity index (χ4v) is 4.02. The highest BCUT2D eigenvalue weighted by atomic mass is 35.5. The van der Waals surface area contributed by atoms with Crippen molar-refractivity contribution in [3.63, 3.8) is 0 Å². The van der Waals surface area contributed by atoms with Crippen LogP contribution in [0.5, 0.6) is 0 Å². The Balaban J connectivity index is 1.51. The zero-order valence-corrected chi connectivity index (χ0v) is 16.2. The van der Waals surface area contributed by atoms with Crippen LogP contribution in [0.4, 0.5) is 10.5 Å². The first-order valence-electron chi connectivity index (χ1n) is 9.18. The van der Waals surface area contributed by atoms with Crippen molar-refractivity contribution >= 4 is 35.1 Å². The standard InChI is InChI=1S/C21H20ClN3O3/c1-21(15-9-8-13-4-2-5-14(13)10-15)19(27)25(20(28)24-21)12-18(26)23-17-7-3-6-16(22)11-17/h3,6-11H,2,4-5,12H2,1H3,(H,23,26)(H,24,28)/t21-/m0/s1. The van der Waals surface area contributed by atoms with Crippen LogP contribution in [0, 0.1) is 0 Å². The van der Waals surface area contributed by atoms with Crippen molar-refractivity contribution in [1.82, 2.24) is 10.2 Å². The lowest BCUT2D eigenvalue weighted by Gasteiger charge is -2.23. The third kappa shape index (κ3) is 3.24. The van der Waals surface area contributed by atoms with E-state index >= 15 is 0 Å². The van der Waals surface area contributed by atoms with E-state index in [1.165, 1.54) is 11.1 Å². The summed E-state index contributed by atoms with van der Waals surface area (Å²) in [4.78, 5) is 38.8. The summed E-state index contributed by atoms with van der Waals surface area (Å²) in [5.41, 5.74) is 2.58. The number of nitrogens with zero attached hydrogens (tertiary/aromatic N) is 1. The van der Waals surface area contributed by atoms with Crippen molar-refractivity contribution in [3.8, 4) is 0 Å². The molecule has 1 aliphatic heterocycles. The van der Waals surface area contributed by atoms with Gasteiger partial charge < -0.3 is 10.6 Å². The smallest absolute Gasteiger partial charge is 0.324 e. The Bertz CT molecular complexity index is 991. The van der Waals surface area contributed by atoms with Crippen LogP contribution < -0.4 is 10.6 Å². The highest BCUT2D eigenvalue weighted by Crippen LogP contribution is 2.32. The van der Waals surface area contributed by atoms with Gasteiger partial charge in [-0.05, 0) is 61.1 Å². The SMILES string of the molecule is C[C@@]1(c2ccc3c(c2)CCC3)NC(=O)N(CC(=O)Nc2cccc(Cl)c2)C1=O. The van der Waals surface area contributed by atoms with Crippen LogP contribution in [0.2, 0.25) is 5.02 Å². The molecular weight excluding hydrogens is 378 g/mol. The third-order valence-electron chi connectivity index (χ3n) is 5.36. The molecule has 0 saturated carbocycles. The number of halogens is 1. The molecule has 4 amide bonds.